The summed E-state index contributed by atoms with van der Waals surface area (Å²) >= 11 is 0. The molecule has 22 heavy (non-hydrogen) atoms. The number of aliphatic hydroxyl groups is 1. The van der Waals surface area contributed by atoms with E-state index in [0.717, 1.165) is 28.5 Å². The molecule has 0 radical (unpaired) electrons. The minimum absolute atomic E-state index is 0.0696. The number of hydrogen-bond donors (Lipinski definition) is 2. The van der Waals surface area contributed by atoms with Gasteiger partial charge >= 0.3 is 0 Å². The first-order valence-electron chi connectivity index (χ1n) is 7.06. The van der Waals surface area contributed by atoms with Crippen molar-refractivity contribution in [3.63, 3.8) is 0 Å². The van der Waals surface area contributed by atoms with E-state index in [2.05, 4.69) is 20.3 Å². The second-order valence-corrected chi connectivity index (χ2v) is 4.71. The van der Waals surface area contributed by atoms with Gasteiger partial charge in [0.2, 0.25) is 0 Å². The number of nitrogens with zero attached hydrogens (tertiary/aromatic N) is 3. The molecular weight excluding hydrogens is 276 g/mol. The quantitative estimate of drug-likeness (QED) is 0.756. The zero-order valence-corrected chi connectivity index (χ0v) is 12.0. The van der Waals surface area contributed by atoms with E-state index in [4.69, 9.17) is 5.11 Å². The first kappa shape index (κ1) is 14.2. The van der Waals surface area contributed by atoms with Gasteiger partial charge in [-0.15, -0.1) is 0 Å². The second-order valence-electron chi connectivity index (χ2n) is 4.71. The Morgan fingerprint density at radius 2 is 1.41 bits per heavy atom. The SMILES string of the molecule is OCCNc1cc(-c2ccccn2)nc(-c2ccccn2)c1. The largest absolute Gasteiger partial charge is 0.395 e. The molecule has 0 saturated carbocycles. The van der Waals surface area contributed by atoms with Crippen LogP contribution in [0.2, 0.25) is 0 Å². The van der Waals surface area contributed by atoms with Gasteiger partial charge < -0.3 is 10.4 Å². The number of rotatable bonds is 5. The van der Waals surface area contributed by atoms with E-state index in [1.54, 1.807) is 12.4 Å². The Labute approximate surface area is 128 Å². The van der Waals surface area contributed by atoms with Crippen molar-refractivity contribution >= 4 is 5.69 Å². The maximum atomic E-state index is 9.00. The Hall–Kier alpha value is -2.79. The molecular formula is C17H16N4O. The fourth-order valence-corrected chi connectivity index (χ4v) is 2.12. The van der Waals surface area contributed by atoms with Gasteiger partial charge in [0, 0.05) is 24.6 Å². The number of aliphatic hydroxyl groups excluding tert-OH is 1. The third-order valence-corrected chi connectivity index (χ3v) is 3.12. The van der Waals surface area contributed by atoms with Crippen LogP contribution in [0.15, 0.2) is 60.9 Å². The van der Waals surface area contributed by atoms with Gasteiger partial charge in [-0.05, 0) is 36.4 Å². The Bertz CT molecular complexity index is 674. The van der Waals surface area contributed by atoms with E-state index in [9.17, 15) is 0 Å². The van der Waals surface area contributed by atoms with E-state index in [1.807, 2.05) is 48.5 Å². The molecule has 110 valence electrons. The van der Waals surface area contributed by atoms with Gasteiger partial charge in [-0.3, -0.25) is 9.97 Å². The molecule has 0 atom stereocenters. The summed E-state index contributed by atoms with van der Waals surface area (Å²) in [5.74, 6) is 0. The molecule has 3 rings (SSSR count). The van der Waals surface area contributed by atoms with Crippen molar-refractivity contribution in [1.29, 1.82) is 0 Å². The van der Waals surface area contributed by atoms with E-state index in [-0.39, 0.29) is 6.61 Å². The van der Waals surface area contributed by atoms with Gasteiger partial charge in [0.05, 0.1) is 29.4 Å². The Morgan fingerprint density at radius 1 is 0.818 bits per heavy atom. The zero-order chi connectivity index (χ0) is 15.2. The molecule has 0 aliphatic heterocycles. The summed E-state index contributed by atoms with van der Waals surface area (Å²) < 4.78 is 0. The van der Waals surface area contributed by atoms with Crippen molar-refractivity contribution in [2.24, 2.45) is 0 Å². The maximum Gasteiger partial charge on any atom is 0.0914 e. The van der Waals surface area contributed by atoms with Crippen LogP contribution >= 0.6 is 0 Å². The van der Waals surface area contributed by atoms with Crippen molar-refractivity contribution < 1.29 is 5.11 Å². The van der Waals surface area contributed by atoms with Crippen LogP contribution in [0.1, 0.15) is 0 Å². The highest BCUT2D eigenvalue weighted by Crippen LogP contribution is 2.24. The molecule has 0 bridgehead atoms. The summed E-state index contributed by atoms with van der Waals surface area (Å²) in [6.45, 7) is 0.549. The van der Waals surface area contributed by atoms with Crippen LogP contribution in [0.4, 0.5) is 5.69 Å². The number of pyridine rings is 3. The molecule has 3 aromatic heterocycles. The van der Waals surface area contributed by atoms with Crippen LogP contribution in [0.3, 0.4) is 0 Å². The first-order chi connectivity index (χ1) is 10.9. The highest BCUT2D eigenvalue weighted by molar-refractivity contribution is 5.68. The average molecular weight is 292 g/mol. The van der Waals surface area contributed by atoms with Crippen molar-refractivity contribution in [2.45, 2.75) is 0 Å². The summed E-state index contributed by atoms with van der Waals surface area (Å²) in [6.07, 6.45) is 3.48. The molecule has 5 heteroatoms. The van der Waals surface area contributed by atoms with Crippen LogP contribution < -0.4 is 5.32 Å². The normalized spacial score (nSPS) is 10.4. The van der Waals surface area contributed by atoms with E-state index < -0.39 is 0 Å². The van der Waals surface area contributed by atoms with E-state index >= 15 is 0 Å². The van der Waals surface area contributed by atoms with Gasteiger partial charge in [-0.2, -0.15) is 0 Å². The van der Waals surface area contributed by atoms with Crippen LogP contribution in [-0.2, 0) is 0 Å². The molecule has 0 saturated heterocycles. The minimum atomic E-state index is 0.0696. The van der Waals surface area contributed by atoms with Crippen molar-refractivity contribution in [3.8, 4) is 22.8 Å². The van der Waals surface area contributed by atoms with E-state index in [1.165, 1.54) is 0 Å². The van der Waals surface area contributed by atoms with Crippen molar-refractivity contribution in [3.05, 3.63) is 60.9 Å². The van der Waals surface area contributed by atoms with Gasteiger partial charge in [-0.25, -0.2) is 4.98 Å². The van der Waals surface area contributed by atoms with E-state index in [0.29, 0.717) is 6.54 Å². The molecule has 0 fully saturated rings. The van der Waals surface area contributed by atoms with Gasteiger partial charge in [0.15, 0.2) is 0 Å². The molecule has 0 unspecified atom stereocenters. The van der Waals surface area contributed by atoms with Gasteiger partial charge in [0.1, 0.15) is 0 Å². The Morgan fingerprint density at radius 3 is 1.86 bits per heavy atom. The molecule has 0 aliphatic carbocycles. The number of nitrogens with one attached hydrogen (secondary N) is 1. The maximum absolute atomic E-state index is 9.00. The fourth-order valence-electron chi connectivity index (χ4n) is 2.12. The number of aromatic nitrogens is 3. The smallest absolute Gasteiger partial charge is 0.0914 e. The average Bonchev–Trinajstić information content (AvgIpc) is 2.61. The molecule has 0 aromatic carbocycles. The third kappa shape index (κ3) is 3.27. The topological polar surface area (TPSA) is 70.9 Å². The molecule has 5 nitrogen and oxygen atoms in total. The summed E-state index contributed by atoms with van der Waals surface area (Å²) in [5.41, 5.74) is 4.01. The molecule has 0 aliphatic rings. The number of hydrogen-bond acceptors (Lipinski definition) is 5. The Balaban J connectivity index is 2.06. The summed E-state index contributed by atoms with van der Waals surface area (Å²) in [5, 5.41) is 12.2. The third-order valence-electron chi connectivity index (χ3n) is 3.12. The predicted octanol–water partition coefficient (Wildman–Crippen LogP) is 2.61. The van der Waals surface area contributed by atoms with Crippen molar-refractivity contribution in [1.82, 2.24) is 15.0 Å². The highest BCUT2D eigenvalue weighted by Gasteiger charge is 2.08. The fraction of sp³-hybridized carbons (Fsp3) is 0.118. The molecule has 3 heterocycles. The number of anilines is 1. The zero-order valence-electron chi connectivity index (χ0n) is 12.0. The lowest BCUT2D eigenvalue weighted by molar-refractivity contribution is 0.311. The first-order valence-corrected chi connectivity index (χ1v) is 7.06. The molecule has 0 amide bonds. The van der Waals surface area contributed by atoms with Crippen LogP contribution in [-0.4, -0.2) is 33.2 Å². The molecule has 2 N–H and O–H groups in total. The lowest BCUT2D eigenvalue weighted by Crippen LogP contribution is -2.06. The molecule has 3 aromatic rings. The lowest BCUT2D eigenvalue weighted by Gasteiger charge is -2.10. The second kappa shape index (κ2) is 6.78. The summed E-state index contributed by atoms with van der Waals surface area (Å²) in [4.78, 5) is 13.3. The molecule has 0 spiro atoms. The monoisotopic (exact) mass is 292 g/mol. The van der Waals surface area contributed by atoms with Crippen LogP contribution in [0.25, 0.3) is 22.8 Å². The van der Waals surface area contributed by atoms with Gasteiger partial charge in [0.25, 0.3) is 0 Å². The lowest BCUT2D eigenvalue weighted by atomic mass is 10.1. The minimum Gasteiger partial charge on any atom is -0.395 e. The van der Waals surface area contributed by atoms with Gasteiger partial charge in [-0.1, -0.05) is 12.1 Å². The summed E-state index contributed by atoms with van der Waals surface area (Å²) in [7, 11) is 0. The van der Waals surface area contributed by atoms with Crippen LogP contribution in [0.5, 0.6) is 0 Å². The Kier molecular flexibility index (Phi) is 4.36. The van der Waals surface area contributed by atoms with Crippen molar-refractivity contribution in [2.75, 3.05) is 18.5 Å². The highest BCUT2D eigenvalue weighted by atomic mass is 16.3. The summed E-state index contributed by atoms with van der Waals surface area (Å²) in [6, 6.07) is 15.3. The predicted molar refractivity (Wildman–Crippen MR) is 86.3 cm³/mol. The standard InChI is InChI=1S/C17H16N4O/c22-10-9-18-13-11-16(14-5-1-3-7-19-14)21-17(12-13)15-6-2-4-8-20-15/h1-8,11-12,22H,9-10H2,(H,18,21). The van der Waals surface area contributed by atoms with Crippen LogP contribution in [0, 0.1) is 0 Å².